The number of carbonyl (C=O) groups excluding carboxylic acids is 1. The number of esters is 1. The van der Waals surface area contributed by atoms with Gasteiger partial charge in [-0.05, 0) is 19.1 Å². The van der Waals surface area contributed by atoms with Crippen LogP contribution in [0.15, 0.2) is 34.1 Å². The van der Waals surface area contributed by atoms with Gasteiger partial charge in [0.25, 0.3) is 10.0 Å². The first-order valence-electron chi connectivity index (χ1n) is 5.90. The molecule has 0 unspecified atom stereocenters. The minimum Gasteiger partial charge on any atom is -0.464 e. The zero-order valence-corrected chi connectivity index (χ0v) is 12.9. The molecule has 0 aromatic carbocycles. The van der Waals surface area contributed by atoms with Crippen molar-refractivity contribution in [3.05, 3.63) is 41.3 Å². The molecule has 0 aliphatic carbocycles. The van der Waals surface area contributed by atoms with Crippen molar-refractivity contribution < 1.29 is 17.9 Å². The van der Waals surface area contributed by atoms with Crippen molar-refractivity contribution in [3.8, 4) is 0 Å². The van der Waals surface area contributed by atoms with Crippen LogP contribution in [0.4, 0.5) is 0 Å². The van der Waals surface area contributed by atoms with Crippen LogP contribution in [0.1, 0.15) is 29.1 Å². The highest BCUT2D eigenvalue weighted by atomic mass is 32.2. The summed E-state index contributed by atoms with van der Waals surface area (Å²) in [7, 11) is -2.72. The molecule has 0 saturated carbocycles. The van der Waals surface area contributed by atoms with Crippen molar-refractivity contribution in [2.24, 2.45) is 0 Å². The topological polar surface area (TPSA) is 98.2 Å². The van der Waals surface area contributed by atoms with Crippen LogP contribution < -0.4 is 4.72 Å². The van der Waals surface area contributed by atoms with Gasteiger partial charge in [-0.3, -0.25) is 4.98 Å². The predicted octanol–water partition coefficient (Wildman–Crippen LogP) is 1.36. The largest absolute Gasteiger partial charge is 0.464 e. The van der Waals surface area contributed by atoms with Gasteiger partial charge in [0.15, 0.2) is 9.90 Å². The predicted molar refractivity (Wildman–Crippen MR) is 76.4 cm³/mol. The monoisotopic (exact) mass is 327 g/mol. The molecule has 0 aliphatic heterocycles. The summed E-state index contributed by atoms with van der Waals surface area (Å²) in [6.07, 6.45) is 1.58. The fourth-order valence-corrected chi connectivity index (χ4v) is 4.00. The van der Waals surface area contributed by atoms with E-state index in [0.717, 1.165) is 11.3 Å². The molecule has 0 bridgehead atoms. The number of aromatic nitrogens is 2. The summed E-state index contributed by atoms with van der Waals surface area (Å²) in [5.74, 6) is -0.790. The second-order valence-corrected chi connectivity index (χ2v) is 6.84. The summed E-state index contributed by atoms with van der Waals surface area (Å²) in [4.78, 5) is 19.3. The summed E-state index contributed by atoms with van der Waals surface area (Å²) >= 11 is 0.855. The van der Waals surface area contributed by atoms with Gasteiger partial charge in [0.05, 0.1) is 24.4 Å². The Labute approximate surface area is 126 Å². The van der Waals surface area contributed by atoms with E-state index in [4.69, 9.17) is 0 Å². The molecule has 112 valence electrons. The van der Waals surface area contributed by atoms with Crippen molar-refractivity contribution in [3.63, 3.8) is 0 Å². The Kier molecular flexibility index (Phi) is 4.66. The molecule has 2 heterocycles. The van der Waals surface area contributed by atoms with Crippen molar-refractivity contribution in [2.45, 2.75) is 17.2 Å². The number of nitrogens with zero attached hydrogens (tertiary/aromatic N) is 2. The molecule has 0 radical (unpaired) electrons. The lowest BCUT2D eigenvalue weighted by Crippen LogP contribution is -2.28. The first-order chi connectivity index (χ1) is 9.95. The van der Waals surface area contributed by atoms with Crippen LogP contribution in [0.25, 0.3) is 0 Å². The van der Waals surface area contributed by atoms with E-state index in [9.17, 15) is 13.2 Å². The molecule has 9 heteroatoms. The minimum absolute atomic E-state index is 0.169. The average Bonchev–Trinajstić information content (AvgIpc) is 2.97. The first-order valence-corrected chi connectivity index (χ1v) is 8.27. The number of carbonyl (C=O) groups is 1. The van der Waals surface area contributed by atoms with Crippen LogP contribution in [0.3, 0.4) is 0 Å². The highest BCUT2D eigenvalue weighted by Crippen LogP contribution is 2.22. The highest BCUT2D eigenvalue weighted by molar-refractivity contribution is 7.91. The van der Waals surface area contributed by atoms with E-state index < -0.39 is 22.0 Å². The summed E-state index contributed by atoms with van der Waals surface area (Å²) in [5.41, 5.74) is 1.64. The average molecular weight is 327 g/mol. The Bertz CT molecular complexity index is 728. The maximum absolute atomic E-state index is 12.3. The van der Waals surface area contributed by atoms with Gasteiger partial charge < -0.3 is 4.74 Å². The van der Waals surface area contributed by atoms with Crippen LogP contribution in [0.2, 0.25) is 0 Å². The number of ether oxygens (including phenoxy) is 1. The molecule has 0 amide bonds. The van der Waals surface area contributed by atoms with Crippen molar-refractivity contribution in [1.82, 2.24) is 14.7 Å². The molecule has 2 rings (SSSR count). The van der Waals surface area contributed by atoms with Gasteiger partial charge in [-0.2, -0.15) is 0 Å². The second-order valence-electron chi connectivity index (χ2n) is 4.08. The number of thiazole rings is 1. The smallest absolute Gasteiger partial charge is 0.358 e. The maximum atomic E-state index is 12.3. The van der Waals surface area contributed by atoms with Crippen molar-refractivity contribution in [2.75, 3.05) is 7.11 Å². The van der Waals surface area contributed by atoms with Crippen molar-refractivity contribution in [1.29, 1.82) is 0 Å². The number of nitrogens with one attached hydrogen (secondary N) is 1. The third-order valence-corrected chi connectivity index (χ3v) is 5.53. The first kappa shape index (κ1) is 15.5. The van der Waals surface area contributed by atoms with Gasteiger partial charge >= 0.3 is 5.97 Å². The lowest BCUT2D eigenvalue weighted by molar-refractivity contribution is 0.0590. The molecule has 7 nitrogen and oxygen atoms in total. The minimum atomic E-state index is -3.88. The fourth-order valence-electron chi connectivity index (χ4n) is 1.64. The molecule has 0 spiro atoms. The SMILES string of the molecule is COC(=O)c1ncsc1S(=O)(=O)N[C@@H](C)c1ccccn1. The standard InChI is InChI=1S/C12H13N3O4S2/c1-8(9-5-3-4-6-13-9)15-21(17,18)12-10(11(16)19-2)14-7-20-12/h3-8,15H,1-2H3/t8-/m0/s1. The van der Waals surface area contributed by atoms with E-state index in [-0.39, 0.29) is 9.90 Å². The van der Waals surface area contributed by atoms with E-state index in [0.29, 0.717) is 5.69 Å². The molecule has 2 aromatic heterocycles. The molecule has 21 heavy (non-hydrogen) atoms. The van der Waals surface area contributed by atoms with Crippen molar-refractivity contribution >= 4 is 27.3 Å². The Morgan fingerprint density at radius 2 is 2.14 bits per heavy atom. The molecule has 0 saturated heterocycles. The third kappa shape index (κ3) is 3.43. The normalized spacial score (nSPS) is 12.9. The summed E-state index contributed by atoms with van der Waals surface area (Å²) in [6.45, 7) is 1.67. The number of pyridine rings is 1. The van der Waals surface area contributed by atoms with E-state index in [1.54, 1.807) is 31.3 Å². The summed E-state index contributed by atoms with van der Waals surface area (Å²) in [6, 6.07) is 4.67. The van der Waals surface area contributed by atoms with E-state index in [1.165, 1.54) is 12.6 Å². The Balaban J connectivity index is 2.27. The van der Waals surface area contributed by atoms with Gasteiger partial charge in [0, 0.05) is 6.20 Å². The quantitative estimate of drug-likeness (QED) is 0.833. The number of methoxy groups -OCH3 is 1. The van der Waals surface area contributed by atoms with Gasteiger partial charge in [-0.25, -0.2) is 22.9 Å². The lowest BCUT2D eigenvalue weighted by atomic mass is 10.2. The molecular formula is C12H13N3O4S2. The van der Waals surface area contributed by atoms with Gasteiger partial charge in [-0.15, -0.1) is 11.3 Å². The highest BCUT2D eigenvalue weighted by Gasteiger charge is 2.28. The van der Waals surface area contributed by atoms with Gasteiger partial charge in [0.1, 0.15) is 0 Å². The number of hydrogen-bond acceptors (Lipinski definition) is 7. The van der Waals surface area contributed by atoms with Crippen LogP contribution in [0.5, 0.6) is 0 Å². The fraction of sp³-hybridized carbons (Fsp3) is 0.250. The maximum Gasteiger partial charge on any atom is 0.358 e. The number of hydrogen-bond donors (Lipinski definition) is 1. The van der Waals surface area contributed by atoms with E-state index in [2.05, 4.69) is 19.4 Å². The summed E-state index contributed by atoms with van der Waals surface area (Å²) < 4.78 is 31.5. The molecule has 0 fully saturated rings. The van der Waals surface area contributed by atoms with Crippen LogP contribution in [0, 0.1) is 0 Å². The van der Waals surface area contributed by atoms with E-state index >= 15 is 0 Å². The Morgan fingerprint density at radius 3 is 2.76 bits per heavy atom. The Morgan fingerprint density at radius 1 is 1.38 bits per heavy atom. The lowest BCUT2D eigenvalue weighted by Gasteiger charge is -2.13. The second kappa shape index (κ2) is 6.29. The zero-order chi connectivity index (χ0) is 15.5. The Hall–Kier alpha value is -1.84. The molecule has 1 atom stereocenters. The third-order valence-electron chi connectivity index (χ3n) is 2.62. The molecule has 0 aliphatic rings. The number of rotatable bonds is 5. The zero-order valence-electron chi connectivity index (χ0n) is 11.3. The number of sulfonamides is 1. The molecule has 2 aromatic rings. The molecular weight excluding hydrogens is 314 g/mol. The van der Waals surface area contributed by atoms with Crippen LogP contribution in [-0.4, -0.2) is 31.5 Å². The van der Waals surface area contributed by atoms with Gasteiger partial charge in [-0.1, -0.05) is 6.07 Å². The van der Waals surface area contributed by atoms with Crippen LogP contribution >= 0.6 is 11.3 Å². The summed E-state index contributed by atoms with van der Waals surface area (Å²) in [5, 5.41) is 0. The van der Waals surface area contributed by atoms with Gasteiger partial charge in [0.2, 0.25) is 0 Å². The van der Waals surface area contributed by atoms with E-state index in [1.807, 2.05) is 0 Å². The molecule has 1 N–H and O–H groups in total. The van der Waals surface area contributed by atoms with Crippen LogP contribution in [-0.2, 0) is 14.8 Å².